The minimum Gasteiger partial charge on any atom is -0.424 e. The third kappa shape index (κ3) is 5.47. The van der Waals surface area contributed by atoms with Crippen molar-refractivity contribution in [3.05, 3.63) is 96.7 Å². The van der Waals surface area contributed by atoms with Gasteiger partial charge in [0.25, 0.3) is 5.91 Å². The molecule has 6 aromatic rings. The minimum atomic E-state index is -0.211. The first-order chi connectivity index (χ1) is 20.7. The summed E-state index contributed by atoms with van der Waals surface area (Å²) in [7, 11) is 1.89. The lowest BCUT2D eigenvalue weighted by molar-refractivity contribution is -0.112. The second-order valence-corrected chi connectivity index (χ2v) is 11.4. The second-order valence-electron chi connectivity index (χ2n) is 10.3. The highest BCUT2D eigenvalue weighted by atomic mass is 32.1. The van der Waals surface area contributed by atoms with Gasteiger partial charge in [0, 0.05) is 74.2 Å². The van der Waals surface area contributed by atoms with Gasteiger partial charge in [-0.15, -0.1) is 11.3 Å². The summed E-state index contributed by atoms with van der Waals surface area (Å²) in [6.45, 7) is 9.29. The Morgan fingerprint density at radius 1 is 1.02 bits per heavy atom. The normalized spacial score (nSPS) is 11.1. The van der Waals surface area contributed by atoms with Crippen LogP contribution in [0.15, 0.2) is 85.5 Å². The molecular formula is C33H29N7O2S. The molecule has 9 nitrogen and oxygen atoms in total. The molecule has 1 amide bonds. The molecule has 6 rings (SSSR count). The van der Waals surface area contributed by atoms with E-state index in [4.69, 9.17) is 10.5 Å². The SMILES string of the molecule is C=C(C)C(=O)Nc1ccc(-c2sc3c(-c4cnn(C)c4)cnc(N)c3c2-c2ccc(Oc3nccc(C)n3)cc2)cc1C. The maximum Gasteiger partial charge on any atom is 0.322 e. The summed E-state index contributed by atoms with van der Waals surface area (Å²) in [6, 6.07) is 15.9. The maximum absolute atomic E-state index is 12.3. The quantitative estimate of drug-likeness (QED) is 0.188. The fourth-order valence-electron chi connectivity index (χ4n) is 4.81. The van der Waals surface area contributed by atoms with Gasteiger partial charge in [-0.2, -0.15) is 5.10 Å². The molecule has 0 aliphatic rings. The van der Waals surface area contributed by atoms with E-state index >= 15 is 0 Å². The Kier molecular flexibility index (Phi) is 7.21. The van der Waals surface area contributed by atoms with Gasteiger partial charge in [0.1, 0.15) is 11.6 Å². The summed E-state index contributed by atoms with van der Waals surface area (Å²) >= 11 is 1.65. The third-order valence-corrected chi connectivity index (χ3v) is 8.28. The van der Waals surface area contributed by atoms with E-state index in [1.165, 1.54) is 0 Å². The van der Waals surface area contributed by atoms with Crippen LogP contribution in [0.1, 0.15) is 18.2 Å². The lowest BCUT2D eigenvalue weighted by atomic mass is 9.97. The fraction of sp³-hybridized carbons (Fsp3) is 0.121. The first-order valence-electron chi connectivity index (χ1n) is 13.5. The highest BCUT2D eigenvalue weighted by Gasteiger charge is 2.22. The maximum atomic E-state index is 12.3. The smallest absolute Gasteiger partial charge is 0.322 e. The van der Waals surface area contributed by atoms with Crippen LogP contribution in [0.25, 0.3) is 42.8 Å². The molecule has 0 unspecified atom stereocenters. The number of thiophene rings is 1. The lowest BCUT2D eigenvalue weighted by Crippen LogP contribution is -2.12. The van der Waals surface area contributed by atoms with Gasteiger partial charge in [0.05, 0.1) is 6.20 Å². The molecule has 0 saturated heterocycles. The van der Waals surface area contributed by atoms with E-state index in [2.05, 4.69) is 38.0 Å². The highest BCUT2D eigenvalue weighted by molar-refractivity contribution is 7.23. The Balaban J connectivity index is 1.50. The lowest BCUT2D eigenvalue weighted by Gasteiger charge is -2.12. The number of nitrogens with two attached hydrogens (primary N) is 1. The average Bonchev–Trinajstić information content (AvgIpc) is 3.59. The van der Waals surface area contributed by atoms with E-state index in [1.54, 1.807) is 35.3 Å². The van der Waals surface area contributed by atoms with Crippen molar-refractivity contribution in [2.75, 3.05) is 11.1 Å². The van der Waals surface area contributed by atoms with Crippen molar-refractivity contribution in [2.45, 2.75) is 20.8 Å². The van der Waals surface area contributed by atoms with Crippen LogP contribution >= 0.6 is 11.3 Å². The molecule has 43 heavy (non-hydrogen) atoms. The highest BCUT2D eigenvalue weighted by Crippen LogP contribution is 2.49. The average molecular weight is 588 g/mol. The number of carbonyl (C=O) groups is 1. The number of hydrogen-bond acceptors (Lipinski definition) is 8. The largest absolute Gasteiger partial charge is 0.424 e. The van der Waals surface area contributed by atoms with Gasteiger partial charge in [-0.1, -0.05) is 24.8 Å². The van der Waals surface area contributed by atoms with Crippen molar-refractivity contribution in [3.63, 3.8) is 0 Å². The minimum absolute atomic E-state index is 0.211. The molecule has 0 saturated carbocycles. The molecule has 0 spiro atoms. The van der Waals surface area contributed by atoms with Crippen LogP contribution < -0.4 is 15.8 Å². The first kappa shape index (κ1) is 27.8. The second kappa shape index (κ2) is 11.1. The Hall–Kier alpha value is -5.35. The third-order valence-electron chi connectivity index (χ3n) is 7.01. The van der Waals surface area contributed by atoms with E-state index in [0.717, 1.165) is 59.7 Å². The number of anilines is 2. The summed E-state index contributed by atoms with van der Waals surface area (Å²) in [4.78, 5) is 26.5. The van der Waals surface area contributed by atoms with Crippen molar-refractivity contribution in [2.24, 2.45) is 7.05 Å². The Bertz CT molecular complexity index is 2030. The van der Waals surface area contributed by atoms with E-state index in [9.17, 15) is 4.79 Å². The van der Waals surface area contributed by atoms with Crippen molar-refractivity contribution in [1.29, 1.82) is 0 Å². The van der Waals surface area contributed by atoms with Gasteiger partial charge in [-0.25, -0.2) is 15.0 Å². The van der Waals surface area contributed by atoms with Crippen LogP contribution in [0.5, 0.6) is 11.8 Å². The summed E-state index contributed by atoms with van der Waals surface area (Å²) < 4.78 is 8.69. The van der Waals surface area contributed by atoms with E-state index in [-0.39, 0.29) is 5.91 Å². The molecule has 0 aliphatic carbocycles. The van der Waals surface area contributed by atoms with Gasteiger partial charge in [-0.05, 0) is 67.8 Å². The number of amides is 1. The number of aromatic nitrogens is 5. The molecule has 4 aromatic heterocycles. The molecule has 10 heteroatoms. The first-order valence-corrected chi connectivity index (χ1v) is 14.4. The standard InChI is InChI=1S/C33H29N7O2S/c1-18(2)32(41)39-26-11-8-22(14-19(26)3)29-27(21-6-9-24(10-7-21)42-33-35-13-12-20(4)38-33)28-30(43-29)25(16-36-31(28)34)23-15-37-40(5)17-23/h6-17H,1H2,2-5H3,(H2,34,36)(H,39,41). The monoisotopic (exact) mass is 587 g/mol. The molecule has 2 aromatic carbocycles. The summed E-state index contributed by atoms with van der Waals surface area (Å²) in [6.07, 6.45) is 7.27. The van der Waals surface area contributed by atoms with Gasteiger partial charge in [0.2, 0.25) is 0 Å². The predicted molar refractivity (Wildman–Crippen MR) is 172 cm³/mol. The van der Waals surface area contributed by atoms with Gasteiger partial charge >= 0.3 is 6.01 Å². The van der Waals surface area contributed by atoms with Gasteiger partial charge < -0.3 is 15.8 Å². The van der Waals surface area contributed by atoms with E-state index in [0.29, 0.717) is 23.2 Å². The molecule has 0 fully saturated rings. The number of nitrogens with one attached hydrogen (secondary N) is 1. The molecule has 0 aliphatic heterocycles. The Morgan fingerprint density at radius 2 is 1.79 bits per heavy atom. The van der Waals surface area contributed by atoms with Gasteiger partial charge in [0.15, 0.2) is 0 Å². The van der Waals surface area contributed by atoms with Gasteiger partial charge in [-0.3, -0.25) is 9.48 Å². The summed E-state index contributed by atoms with van der Waals surface area (Å²) in [5.74, 6) is 0.846. The van der Waals surface area contributed by atoms with Crippen LogP contribution in [0.3, 0.4) is 0 Å². The van der Waals surface area contributed by atoms with E-state index in [1.807, 2.05) is 75.8 Å². The summed E-state index contributed by atoms with van der Waals surface area (Å²) in [5, 5.41) is 8.18. The topological polar surface area (TPSA) is 121 Å². The number of pyridine rings is 1. The number of ether oxygens (including phenoxy) is 1. The fourth-order valence-corrected chi connectivity index (χ4v) is 6.17. The Morgan fingerprint density at radius 3 is 2.47 bits per heavy atom. The number of hydrogen-bond donors (Lipinski definition) is 2. The Labute approximate surface area is 252 Å². The number of carbonyl (C=O) groups excluding carboxylic acids is 1. The van der Waals surface area contributed by atoms with Crippen molar-refractivity contribution in [1.82, 2.24) is 24.7 Å². The number of rotatable bonds is 7. The van der Waals surface area contributed by atoms with Crippen LogP contribution in [0.4, 0.5) is 11.5 Å². The number of nitrogens with zero attached hydrogens (tertiary/aromatic N) is 5. The molecule has 214 valence electrons. The van der Waals surface area contributed by atoms with Crippen LogP contribution in [0.2, 0.25) is 0 Å². The number of aryl methyl sites for hydroxylation is 3. The zero-order valence-electron chi connectivity index (χ0n) is 24.2. The number of fused-ring (bicyclic) bond motifs is 1. The molecule has 0 radical (unpaired) electrons. The molecule has 3 N–H and O–H groups in total. The van der Waals surface area contributed by atoms with Crippen LogP contribution in [-0.2, 0) is 11.8 Å². The number of nitrogen functional groups attached to an aromatic ring is 1. The van der Waals surface area contributed by atoms with Crippen LogP contribution in [-0.4, -0.2) is 30.6 Å². The molecular weight excluding hydrogens is 558 g/mol. The molecule has 0 bridgehead atoms. The van der Waals surface area contributed by atoms with Crippen molar-refractivity contribution < 1.29 is 9.53 Å². The van der Waals surface area contributed by atoms with Crippen LogP contribution in [0, 0.1) is 13.8 Å². The van der Waals surface area contributed by atoms with Crippen molar-refractivity contribution >= 4 is 38.8 Å². The van der Waals surface area contributed by atoms with Crippen molar-refractivity contribution in [3.8, 4) is 44.5 Å². The molecule has 4 heterocycles. The zero-order chi connectivity index (χ0) is 30.2. The number of benzene rings is 2. The zero-order valence-corrected chi connectivity index (χ0v) is 25.0. The molecule has 0 atom stereocenters. The predicted octanol–water partition coefficient (Wildman–Crippen LogP) is 7.33. The van der Waals surface area contributed by atoms with E-state index < -0.39 is 0 Å². The summed E-state index contributed by atoms with van der Waals surface area (Å²) in [5.41, 5.74) is 14.3.